The molecule has 122 valence electrons. The van der Waals surface area contributed by atoms with Gasteiger partial charge in [-0.25, -0.2) is 0 Å². The molecule has 0 N–H and O–H groups in total. The van der Waals surface area contributed by atoms with Crippen molar-refractivity contribution in [2.45, 2.75) is 31.8 Å². The maximum Gasteiger partial charge on any atom is 0.247 e. The van der Waals surface area contributed by atoms with E-state index in [1.165, 1.54) is 11.1 Å². The molecule has 2 aromatic rings. The third-order valence-corrected chi connectivity index (χ3v) is 4.55. The molecule has 2 heteroatoms. The Hall–Kier alpha value is -2.61. The van der Waals surface area contributed by atoms with Gasteiger partial charge in [0.1, 0.15) is 0 Å². The van der Waals surface area contributed by atoms with Crippen molar-refractivity contribution >= 4 is 5.91 Å². The van der Waals surface area contributed by atoms with Crippen molar-refractivity contribution < 1.29 is 4.79 Å². The molecule has 0 aliphatic carbocycles. The third kappa shape index (κ3) is 3.48. The molecule has 1 aliphatic heterocycles. The number of nitrogens with zero attached hydrogens (tertiary/aromatic N) is 1. The van der Waals surface area contributed by atoms with Crippen LogP contribution < -0.4 is 0 Å². The second-order valence-electron chi connectivity index (χ2n) is 6.06. The largest absolute Gasteiger partial charge is 0.325 e. The van der Waals surface area contributed by atoms with Crippen LogP contribution in [-0.4, -0.2) is 10.8 Å². The maximum atomic E-state index is 12.9. The molecular weight excluding hydrogens is 294 g/mol. The first-order valence-electron chi connectivity index (χ1n) is 8.53. The maximum absolute atomic E-state index is 12.9. The van der Waals surface area contributed by atoms with Gasteiger partial charge in [-0.05, 0) is 30.9 Å². The zero-order valence-electron chi connectivity index (χ0n) is 14.0. The summed E-state index contributed by atoms with van der Waals surface area (Å²) in [6, 6.07) is 21.0. The molecule has 0 radical (unpaired) electrons. The Bertz CT molecular complexity index is 671. The number of hydrogen-bond donors (Lipinski definition) is 0. The van der Waals surface area contributed by atoms with Gasteiger partial charge >= 0.3 is 0 Å². The number of carbonyl (C=O) groups excluding carboxylic acids is 1. The lowest BCUT2D eigenvalue weighted by atomic mass is 10.0. The summed E-state index contributed by atoms with van der Waals surface area (Å²) in [5.74, 6) is 0.0771. The molecule has 1 amide bonds. The number of likely N-dealkylation sites (tertiary alicyclic amines) is 1. The van der Waals surface area contributed by atoms with Gasteiger partial charge in [-0.3, -0.25) is 4.79 Å². The summed E-state index contributed by atoms with van der Waals surface area (Å²) in [6.07, 6.45) is 9.31. The van der Waals surface area contributed by atoms with E-state index in [1.54, 1.807) is 6.08 Å². The Morgan fingerprint density at radius 3 is 1.83 bits per heavy atom. The fourth-order valence-electron chi connectivity index (χ4n) is 3.46. The third-order valence-electron chi connectivity index (χ3n) is 4.55. The molecule has 0 bridgehead atoms. The van der Waals surface area contributed by atoms with Crippen LogP contribution >= 0.6 is 0 Å². The Morgan fingerprint density at radius 2 is 1.38 bits per heavy atom. The second kappa shape index (κ2) is 7.78. The molecule has 3 rings (SSSR count). The predicted molar refractivity (Wildman–Crippen MR) is 98.4 cm³/mol. The quantitative estimate of drug-likeness (QED) is 0.559. The van der Waals surface area contributed by atoms with Crippen LogP contribution in [0.4, 0.5) is 0 Å². The van der Waals surface area contributed by atoms with Crippen molar-refractivity contribution in [3.63, 3.8) is 0 Å². The van der Waals surface area contributed by atoms with Crippen molar-refractivity contribution in [3.8, 4) is 0 Å². The molecule has 2 atom stereocenters. The van der Waals surface area contributed by atoms with Crippen molar-refractivity contribution in [1.82, 2.24) is 4.90 Å². The number of allylic oxidation sites excluding steroid dienone is 3. The van der Waals surface area contributed by atoms with Gasteiger partial charge in [-0.1, -0.05) is 78.9 Å². The average molecular weight is 317 g/mol. The van der Waals surface area contributed by atoms with Crippen molar-refractivity contribution in [3.05, 3.63) is 96.1 Å². The minimum Gasteiger partial charge on any atom is -0.325 e. The lowest BCUT2D eigenvalue weighted by Gasteiger charge is -2.30. The average Bonchev–Trinajstić information content (AvgIpc) is 3.08. The summed E-state index contributed by atoms with van der Waals surface area (Å²) in [5, 5.41) is 0. The monoisotopic (exact) mass is 317 g/mol. The standard InChI is InChI=1S/C22H23NO/c1-2-3-6-15-22(24)23-20(18-11-7-4-8-12-18)16-17-21(23)19-13-9-5-10-14-19/h2-15,20-21H,16-17H2,1H3/b3-2+,15-6+/t20-,21-/m0/s1. The molecule has 1 aliphatic rings. The van der Waals surface area contributed by atoms with Gasteiger partial charge < -0.3 is 4.90 Å². The molecule has 2 aromatic carbocycles. The van der Waals surface area contributed by atoms with Crippen LogP contribution in [0.15, 0.2) is 85.0 Å². The molecule has 0 saturated carbocycles. The molecular formula is C22H23NO. The topological polar surface area (TPSA) is 20.3 Å². The van der Waals surface area contributed by atoms with E-state index in [1.807, 2.05) is 66.4 Å². The van der Waals surface area contributed by atoms with Crippen molar-refractivity contribution in [2.75, 3.05) is 0 Å². The molecule has 24 heavy (non-hydrogen) atoms. The first kappa shape index (κ1) is 16.3. The van der Waals surface area contributed by atoms with Gasteiger partial charge in [0.15, 0.2) is 0 Å². The smallest absolute Gasteiger partial charge is 0.247 e. The Labute approximate surface area is 144 Å². The number of rotatable bonds is 4. The van der Waals surface area contributed by atoms with E-state index in [0.717, 1.165) is 12.8 Å². The molecule has 0 aromatic heterocycles. The number of carbonyl (C=O) groups is 1. The molecule has 1 fully saturated rings. The Kier molecular flexibility index (Phi) is 5.27. The van der Waals surface area contributed by atoms with E-state index in [9.17, 15) is 4.79 Å². The van der Waals surface area contributed by atoms with Crippen molar-refractivity contribution in [2.24, 2.45) is 0 Å². The first-order valence-corrected chi connectivity index (χ1v) is 8.53. The summed E-state index contributed by atoms with van der Waals surface area (Å²) in [7, 11) is 0. The first-order chi connectivity index (χ1) is 11.8. The van der Waals surface area contributed by atoms with E-state index in [2.05, 4.69) is 24.3 Å². The van der Waals surface area contributed by atoms with Crippen LogP contribution in [0, 0.1) is 0 Å². The summed E-state index contributed by atoms with van der Waals surface area (Å²) in [5.41, 5.74) is 2.42. The fourth-order valence-corrected chi connectivity index (χ4v) is 3.46. The Balaban J connectivity index is 1.94. The highest BCUT2D eigenvalue weighted by Crippen LogP contribution is 2.44. The minimum absolute atomic E-state index is 0.0771. The van der Waals surface area contributed by atoms with E-state index in [0.29, 0.717) is 0 Å². The SMILES string of the molecule is C/C=C/C=C/C(=O)N1[C@H](c2ccccc2)CC[C@H]1c1ccccc1. The normalized spacial score (nSPS) is 21.0. The van der Waals surface area contributed by atoms with Gasteiger partial charge in [-0.2, -0.15) is 0 Å². The van der Waals surface area contributed by atoms with Gasteiger partial charge in [0, 0.05) is 6.08 Å². The summed E-state index contributed by atoms with van der Waals surface area (Å²) in [6.45, 7) is 1.95. The van der Waals surface area contributed by atoms with E-state index >= 15 is 0 Å². The highest BCUT2D eigenvalue weighted by atomic mass is 16.2. The predicted octanol–water partition coefficient (Wildman–Crippen LogP) is 5.22. The zero-order chi connectivity index (χ0) is 16.8. The van der Waals surface area contributed by atoms with Gasteiger partial charge in [0.25, 0.3) is 0 Å². The van der Waals surface area contributed by atoms with E-state index < -0.39 is 0 Å². The van der Waals surface area contributed by atoms with Crippen molar-refractivity contribution in [1.29, 1.82) is 0 Å². The van der Waals surface area contributed by atoms with E-state index in [4.69, 9.17) is 0 Å². The molecule has 0 spiro atoms. The van der Waals surface area contributed by atoms with Gasteiger partial charge in [0.05, 0.1) is 12.1 Å². The van der Waals surface area contributed by atoms with Crippen LogP contribution in [0.2, 0.25) is 0 Å². The zero-order valence-corrected chi connectivity index (χ0v) is 14.0. The van der Waals surface area contributed by atoms with Crippen LogP contribution in [0.3, 0.4) is 0 Å². The van der Waals surface area contributed by atoms with Crippen LogP contribution in [-0.2, 0) is 4.79 Å². The molecule has 2 nitrogen and oxygen atoms in total. The summed E-state index contributed by atoms with van der Waals surface area (Å²) in [4.78, 5) is 14.9. The number of amides is 1. The summed E-state index contributed by atoms with van der Waals surface area (Å²) >= 11 is 0. The van der Waals surface area contributed by atoms with Crippen LogP contribution in [0.1, 0.15) is 43.0 Å². The van der Waals surface area contributed by atoms with Gasteiger partial charge in [-0.15, -0.1) is 0 Å². The Morgan fingerprint density at radius 1 is 0.875 bits per heavy atom. The lowest BCUT2D eigenvalue weighted by Crippen LogP contribution is -2.31. The fraction of sp³-hybridized carbons (Fsp3) is 0.227. The van der Waals surface area contributed by atoms with Crippen LogP contribution in [0.25, 0.3) is 0 Å². The number of benzene rings is 2. The highest BCUT2D eigenvalue weighted by Gasteiger charge is 2.37. The number of hydrogen-bond acceptors (Lipinski definition) is 1. The lowest BCUT2D eigenvalue weighted by molar-refractivity contribution is -0.129. The summed E-state index contributed by atoms with van der Waals surface area (Å²) < 4.78 is 0. The molecule has 1 heterocycles. The molecule has 1 saturated heterocycles. The van der Waals surface area contributed by atoms with E-state index in [-0.39, 0.29) is 18.0 Å². The second-order valence-corrected chi connectivity index (χ2v) is 6.06. The van der Waals surface area contributed by atoms with Gasteiger partial charge in [0.2, 0.25) is 5.91 Å². The van der Waals surface area contributed by atoms with Crippen LogP contribution in [0.5, 0.6) is 0 Å². The molecule has 0 unspecified atom stereocenters. The highest BCUT2D eigenvalue weighted by molar-refractivity contribution is 5.89. The minimum atomic E-state index is 0.0771.